The summed E-state index contributed by atoms with van der Waals surface area (Å²) in [5, 5.41) is 0. The molecule has 1 aliphatic rings. The molecule has 2 heterocycles. The topological polar surface area (TPSA) is 16.1 Å². The molecule has 0 saturated heterocycles. The van der Waals surface area contributed by atoms with Crippen molar-refractivity contribution in [1.82, 2.24) is 14.4 Å². The van der Waals surface area contributed by atoms with Gasteiger partial charge in [0.2, 0.25) is 0 Å². The van der Waals surface area contributed by atoms with E-state index in [1.54, 1.807) is 0 Å². The van der Waals surface area contributed by atoms with Gasteiger partial charge in [0, 0.05) is 41.2 Å². The number of benzene rings is 2. The maximum absolute atomic E-state index is 4.43. The third-order valence-corrected chi connectivity index (χ3v) is 7.59. The molecule has 0 amide bonds. The summed E-state index contributed by atoms with van der Waals surface area (Å²) in [7, 11) is 4.66. The molecule has 3 unspecified atom stereocenters. The molecular weight excluding hydrogens is 414 g/mol. The van der Waals surface area contributed by atoms with E-state index in [0.717, 1.165) is 23.0 Å². The van der Waals surface area contributed by atoms with Gasteiger partial charge in [0.15, 0.2) is 0 Å². The lowest BCUT2D eigenvalue weighted by Gasteiger charge is -2.35. The SMILES string of the molecule is CCCC(CC)N(C)C(CC1=C[N+](C)(c2ccccc2)c2ccccc21)Cc1ccnc(C)c1. The van der Waals surface area contributed by atoms with Crippen molar-refractivity contribution in [3.05, 3.63) is 95.9 Å². The Labute approximate surface area is 206 Å². The molecule has 4 rings (SSSR count). The van der Waals surface area contributed by atoms with Gasteiger partial charge in [0.1, 0.15) is 17.6 Å². The largest absolute Gasteiger partial charge is 0.300 e. The molecule has 0 aliphatic carbocycles. The number of fused-ring (bicyclic) bond motifs is 1. The molecule has 178 valence electrons. The lowest BCUT2D eigenvalue weighted by Crippen LogP contribution is -2.41. The minimum absolute atomic E-state index is 0.430. The van der Waals surface area contributed by atoms with Gasteiger partial charge in [-0.3, -0.25) is 9.88 Å². The van der Waals surface area contributed by atoms with Crippen LogP contribution in [0.25, 0.3) is 5.57 Å². The van der Waals surface area contributed by atoms with Crippen LogP contribution in [0.3, 0.4) is 0 Å². The highest BCUT2D eigenvalue weighted by atomic mass is 15.3. The van der Waals surface area contributed by atoms with Crippen molar-refractivity contribution in [3.8, 4) is 0 Å². The summed E-state index contributed by atoms with van der Waals surface area (Å²) >= 11 is 0. The number of likely N-dealkylation sites (N-methyl/N-ethyl adjacent to an activating group) is 1. The van der Waals surface area contributed by atoms with Gasteiger partial charge in [-0.15, -0.1) is 0 Å². The second kappa shape index (κ2) is 10.7. The predicted octanol–water partition coefficient (Wildman–Crippen LogP) is 7.53. The van der Waals surface area contributed by atoms with Gasteiger partial charge in [0.05, 0.1) is 7.05 Å². The minimum Gasteiger partial charge on any atom is -0.300 e. The highest BCUT2D eigenvalue weighted by Gasteiger charge is 2.38. The number of aromatic nitrogens is 1. The average molecular weight is 455 g/mol. The lowest BCUT2D eigenvalue weighted by atomic mass is 9.93. The molecular formula is C31H40N3+. The monoisotopic (exact) mass is 454 g/mol. The predicted molar refractivity (Wildman–Crippen MR) is 146 cm³/mol. The van der Waals surface area contributed by atoms with Crippen LogP contribution in [0.2, 0.25) is 0 Å². The fraction of sp³-hybridized carbons (Fsp3) is 0.387. The zero-order chi connectivity index (χ0) is 24.1. The Hall–Kier alpha value is -2.75. The molecule has 1 aromatic heterocycles. The Kier molecular flexibility index (Phi) is 7.65. The van der Waals surface area contributed by atoms with Crippen molar-refractivity contribution < 1.29 is 0 Å². The molecule has 0 saturated carbocycles. The van der Waals surface area contributed by atoms with E-state index in [2.05, 4.69) is 118 Å². The van der Waals surface area contributed by atoms with Gasteiger partial charge in [-0.2, -0.15) is 0 Å². The molecule has 3 atom stereocenters. The molecule has 34 heavy (non-hydrogen) atoms. The van der Waals surface area contributed by atoms with Gasteiger partial charge in [-0.05, 0) is 75.5 Å². The second-order valence-electron chi connectivity index (χ2n) is 9.97. The fourth-order valence-corrected chi connectivity index (χ4v) is 5.66. The van der Waals surface area contributed by atoms with Crippen molar-refractivity contribution >= 4 is 16.9 Å². The summed E-state index contributed by atoms with van der Waals surface area (Å²) in [5.74, 6) is 0. The Morgan fingerprint density at radius 2 is 1.65 bits per heavy atom. The van der Waals surface area contributed by atoms with E-state index in [9.17, 15) is 0 Å². The summed E-state index contributed by atoms with van der Waals surface area (Å²) in [5.41, 5.74) is 7.99. The van der Waals surface area contributed by atoms with E-state index < -0.39 is 0 Å². The Bertz CT molecular complexity index is 1120. The van der Waals surface area contributed by atoms with Crippen LogP contribution in [0.4, 0.5) is 11.4 Å². The van der Waals surface area contributed by atoms with Crippen LogP contribution >= 0.6 is 0 Å². The Morgan fingerprint density at radius 1 is 0.912 bits per heavy atom. The van der Waals surface area contributed by atoms with Crippen LogP contribution in [0.5, 0.6) is 0 Å². The number of aryl methyl sites for hydroxylation is 1. The van der Waals surface area contributed by atoms with E-state index in [4.69, 9.17) is 0 Å². The van der Waals surface area contributed by atoms with E-state index in [1.165, 1.54) is 47.3 Å². The Balaban J connectivity index is 1.71. The number of para-hydroxylation sites is 2. The smallest absolute Gasteiger partial charge is 0.150 e. The number of quaternary nitrogens is 1. The second-order valence-corrected chi connectivity index (χ2v) is 9.97. The molecule has 1 aliphatic heterocycles. The number of nitrogens with zero attached hydrogens (tertiary/aromatic N) is 3. The van der Waals surface area contributed by atoms with Crippen molar-refractivity contribution in [2.24, 2.45) is 0 Å². The summed E-state index contributed by atoms with van der Waals surface area (Å²) < 4.78 is 0.726. The number of hydrogen-bond acceptors (Lipinski definition) is 2. The molecule has 3 aromatic rings. The van der Waals surface area contributed by atoms with E-state index >= 15 is 0 Å². The lowest BCUT2D eigenvalue weighted by molar-refractivity contribution is 0.159. The molecule has 3 nitrogen and oxygen atoms in total. The van der Waals surface area contributed by atoms with Crippen molar-refractivity contribution in [1.29, 1.82) is 0 Å². The first-order valence-corrected chi connectivity index (χ1v) is 12.8. The number of pyridine rings is 1. The highest BCUT2D eigenvalue weighted by Crippen LogP contribution is 2.46. The molecule has 0 bridgehead atoms. The zero-order valence-electron chi connectivity index (χ0n) is 21.5. The third-order valence-electron chi connectivity index (χ3n) is 7.59. The van der Waals surface area contributed by atoms with Crippen LogP contribution in [0, 0.1) is 6.92 Å². The first kappa shape index (κ1) is 24.4. The number of hydrogen-bond donors (Lipinski definition) is 0. The molecule has 0 fully saturated rings. The maximum Gasteiger partial charge on any atom is 0.150 e. The fourth-order valence-electron chi connectivity index (χ4n) is 5.66. The highest BCUT2D eigenvalue weighted by molar-refractivity contribution is 5.86. The summed E-state index contributed by atoms with van der Waals surface area (Å²) in [4.78, 5) is 7.09. The normalized spacial score (nSPS) is 19.1. The molecule has 0 N–H and O–H groups in total. The summed E-state index contributed by atoms with van der Waals surface area (Å²) in [6.45, 7) is 6.72. The van der Waals surface area contributed by atoms with E-state index in [0.29, 0.717) is 12.1 Å². The summed E-state index contributed by atoms with van der Waals surface area (Å²) in [6.07, 6.45) is 10.2. The quantitative estimate of drug-likeness (QED) is 0.294. The molecule has 2 aromatic carbocycles. The number of rotatable bonds is 10. The molecule has 3 heteroatoms. The van der Waals surface area contributed by atoms with Crippen molar-refractivity contribution in [3.63, 3.8) is 0 Å². The minimum atomic E-state index is 0.430. The maximum atomic E-state index is 4.43. The van der Waals surface area contributed by atoms with E-state index in [-0.39, 0.29) is 0 Å². The third kappa shape index (κ3) is 5.01. The van der Waals surface area contributed by atoms with E-state index in [1.807, 2.05) is 6.20 Å². The Morgan fingerprint density at radius 3 is 2.35 bits per heavy atom. The summed E-state index contributed by atoms with van der Waals surface area (Å²) in [6, 6.07) is 25.3. The average Bonchev–Trinajstić information content (AvgIpc) is 3.15. The first-order valence-electron chi connectivity index (χ1n) is 12.8. The van der Waals surface area contributed by atoms with Crippen LogP contribution in [0.1, 0.15) is 56.4 Å². The van der Waals surface area contributed by atoms with Crippen LogP contribution in [-0.4, -0.2) is 36.1 Å². The van der Waals surface area contributed by atoms with Crippen LogP contribution in [0.15, 0.2) is 79.1 Å². The van der Waals surface area contributed by atoms with Crippen molar-refractivity contribution in [2.45, 2.75) is 65.0 Å². The first-order chi connectivity index (χ1) is 16.5. The standard InChI is InChI=1S/C31H40N3/c1-6-13-27(7-2)33(4)28(21-25-18-19-32-24(3)20-25)22-26-23-34(5,29-14-9-8-10-15-29)31-17-12-11-16-30(26)31/h8-12,14-20,23,27-28H,6-7,13,21-22H2,1-5H3/q+1. The van der Waals surface area contributed by atoms with Gasteiger partial charge >= 0.3 is 0 Å². The molecule has 0 spiro atoms. The van der Waals surface area contributed by atoms with Crippen molar-refractivity contribution in [2.75, 3.05) is 14.1 Å². The van der Waals surface area contributed by atoms with Gasteiger partial charge in [-0.1, -0.05) is 50.6 Å². The molecule has 0 radical (unpaired) electrons. The van der Waals surface area contributed by atoms with Gasteiger partial charge in [-0.25, -0.2) is 4.48 Å². The van der Waals surface area contributed by atoms with Gasteiger partial charge in [0.25, 0.3) is 0 Å². The van der Waals surface area contributed by atoms with Crippen LogP contribution in [-0.2, 0) is 6.42 Å². The zero-order valence-corrected chi connectivity index (χ0v) is 21.5. The van der Waals surface area contributed by atoms with Gasteiger partial charge < -0.3 is 0 Å². The van der Waals surface area contributed by atoms with Crippen LogP contribution < -0.4 is 4.48 Å².